The Balaban J connectivity index is 2.90. The van der Waals surface area contributed by atoms with Gasteiger partial charge in [-0.05, 0) is 24.1 Å². The maximum absolute atomic E-state index is 11.7. The zero-order valence-electron chi connectivity index (χ0n) is 10.5. The number of hydrogen-bond acceptors (Lipinski definition) is 3. The lowest BCUT2D eigenvalue weighted by molar-refractivity contribution is -0.138. The summed E-state index contributed by atoms with van der Waals surface area (Å²) in [7, 11) is 0. The van der Waals surface area contributed by atoms with Crippen LogP contribution in [0.4, 0.5) is 0 Å². The Kier molecular flexibility index (Phi) is 6.41. The third-order valence-electron chi connectivity index (χ3n) is 2.35. The second-order valence-electron chi connectivity index (χ2n) is 3.80. The molecule has 0 heterocycles. The molecule has 1 rings (SSSR count). The van der Waals surface area contributed by atoms with Crippen LogP contribution >= 0.6 is 23.2 Å². The summed E-state index contributed by atoms with van der Waals surface area (Å²) in [4.78, 5) is 11.7. The van der Waals surface area contributed by atoms with Gasteiger partial charge in [0.15, 0.2) is 0 Å². The van der Waals surface area contributed by atoms with Crippen molar-refractivity contribution in [1.82, 2.24) is 0 Å². The average molecular weight is 298 g/mol. The van der Waals surface area contributed by atoms with E-state index in [1.165, 1.54) is 6.08 Å². The Morgan fingerprint density at radius 2 is 2.21 bits per heavy atom. The van der Waals surface area contributed by atoms with Gasteiger partial charge in [0.1, 0.15) is 11.6 Å². The van der Waals surface area contributed by atoms with Crippen LogP contribution in [0.5, 0.6) is 0 Å². The average Bonchev–Trinajstić information content (AvgIpc) is 2.40. The van der Waals surface area contributed by atoms with E-state index in [0.717, 1.165) is 12.8 Å². The highest BCUT2D eigenvalue weighted by atomic mass is 35.5. The number of halogens is 2. The fourth-order valence-electron chi connectivity index (χ4n) is 1.31. The van der Waals surface area contributed by atoms with Gasteiger partial charge in [-0.2, -0.15) is 5.26 Å². The molecule has 0 fully saturated rings. The van der Waals surface area contributed by atoms with Crippen LogP contribution in [0.3, 0.4) is 0 Å². The maximum atomic E-state index is 11.7. The number of unbranched alkanes of at least 4 members (excludes halogenated alkanes) is 1. The number of nitrogens with zero attached hydrogens (tertiary/aromatic N) is 1. The summed E-state index contributed by atoms with van der Waals surface area (Å²) in [5, 5.41) is 9.65. The minimum atomic E-state index is -0.646. The zero-order chi connectivity index (χ0) is 14.3. The second-order valence-corrected chi connectivity index (χ2v) is 4.59. The van der Waals surface area contributed by atoms with Gasteiger partial charge >= 0.3 is 5.97 Å². The molecule has 0 bridgehead atoms. The molecule has 0 amide bonds. The van der Waals surface area contributed by atoms with Gasteiger partial charge in [-0.3, -0.25) is 0 Å². The Morgan fingerprint density at radius 3 is 2.84 bits per heavy atom. The van der Waals surface area contributed by atoms with E-state index in [0.29, 0.717) is 22.2 Å². The lowest BCUT2D eigenvalue weighted by Gasteiger charge is -2.04. The smallest absolute Gasteiger partial charge is 0.348 e. The highest BCUT2D eigenvalue weighted by Crippen LogP contribution is 2.27. The molecule has 0 aromatic heterocycles. The molecule has 1 aromatic rings. The Morgan fingerprint density at radius 1 is 1.47 bits per heavy atom. The number of hydrogen-bond donors (Lipinski definition) is 0. The Bertz CT molecular complexity index is 533. The van der Waals surface area contributed by atoms with Crippen molar-refractivity contribution in [2.75, 3.05) is 6.61 Å². The SMILES string of the molecule is CCCCOC(=O)/C(C#N)=C\c1cccc(Cl)c1Cl. The van der Waals surface area contributed by atoms with E-state index in [9.17, 15) is 4.79 Å². The molecule has 0 aliphatic carbocycles. The van der Waals surface area contributed by atoms with Crippen LogP contribution in [-0.2, 0) is 9.53 Å². The number of nitriles is 1. The molecular weight excluding hydrogens is 285 g/mol. The van der Waals surface area contributed by atoms with Crippen molar-refractivity contribution in [3.05, 3.63) is 39.4 Å². The minimum absolute atomic E-state index is 0.0970. The first kappa shape index (κ1) is 15.6. The number of ether oxygens (including phenoxy) is 1. The fraction of sp³-hybridized carbons (Fsp3) is 0.286. The van der Waals surface area contributed by atoms with Crippen molar-refractivity contribution < 1.29 is 9.53 Å². The van der Waals surface area contributed by atoms with Crippen molar-refractivity contribution in [1.29, 1.82) is 5.26 Å². The highest BCUT2D eigenvalue weighted by molar-refractivity contribution is 6.42. The van der Waals surface area contributed by atoms with Gasteiger partial charge in [0.2, 0.25) is 0 Å². The van der Waals surface area contributed by atoms with Crippen LogP contribution in [0.1, 0.15) is 25.3 Å². The molecule has 0 atom stereocenters. The van der Waals surface area contributed by atoms with E-state index in [1.54, 1.807) is 18.2 Å². The van der Waals surface area contributed by atoms with Gasteiger partial charge in [0.25, 0.3) is 0 Å². The number of carbonyl (C=O) groups is 1. The fourth-order valence-corrected chi connectivity index (χ4v) is 1.67. The monoisotopic (exact) mass is 297 g/mol. The van der Waals surface area contributed by atoms with E-state index in [4.69, 9.17) is 33.2 Å². The predicted octanol–water partition coefficient (Wildman–Crippen LogP) is 4.24. The van der Waals surface area contributed by atoms with Crippen molar-refractivity contribution in [2.24, 2.45) is 0 Å². The second kappa shape index (κ2) is 7.83. The van der Waals surface area contributed by atoms with Gasteiger partial charge in [0, 0.05) is 0 Å². The third-order valence-corrected chi connectivity index (χ3v) is 3.19. The molecule has 3 nitrogen and oxygen atoms in total. The lowest BCUT2D eigenvalue weighted by Crippen LogP contribution is -2.07. The van der Waals surface area contributed by atoms with Crippen molar-refractivity contribution >= 4 is 35.2 Å². The first-order chi connectivity index (χ1) is 9.10. The molecule has 0 unspecified atom stereocenters. The normalized spacial score (nSPS) is 10.9. The maximum Gasteiger partial charge on any atom is 0.348 e. The van der Waals surface area contributed by atoms with E-state index in [1.807, 2.05) is 13.0 Å². The number of rotatable bonds is 5. The Labute approximate surface area is 122 Å². The summed E-state index contributed by atoms with van der Waals surface area (Å²) in [6.45, 7) is 2.29. The van der Waals surface area contributed by atoms with Crippen LogP contribution in [0.25, 0.3) is 6.08 Å². The molecule has 0 spiro atoms. The number of carbonyl (C=O) groups excluding carboxylic acids is 1. The standard InChI is InChI=1S/C14H13Cl2NO2/c1-2-3-7-19-14(18)11(9-17)8-10-5-4-6-12(15)13(10)16/h4-6,8H,2-3,7H2,1H3/b11-8-. The minimum Gasteiger partial charge on any atom is -0.462 e. The predicted molar refractivity (Wildman–Crippen MR) is 75.9 cm³/mol. The Hall–Kier alpha value is -1.50. The van der Waals surface area contributed by atoms with E-state index < -0.39 is 5.97 Å². The molecule has 5 heteroatoms. The summed E-state index contributed by atoms with van der Waals surface area (Å²) in [6.07, 6.45) is 3.06. The van der Waals surface area contributed by atoms with Gasteiger partial charge in [0.05, 0.1) is 16.7 Å². The molecule has 1 aromatic carbocycles. The van der Waals surface area contributed by atoms with Crippen LogP contribution in [0.2, 0.25) is 10.0 Å². The molecule has 0 aliphatic rings. The van der Waals surface area contributed by atoms with Crippen LogP contribution < -0.4 is 0 Å². The van der Waals surface area contributed by atoms with Crippen LogP contribution in [0.15, 0.2) is 23.8 Å². The summed E-state index contributed by atoms with van der Waals surface area (Å²) >= 11 is 11.8. The molecule has 100 valence electrons. The van der Waals surface area contributed by atoms with Crippen molar-refractivity contribution in [2.45, 2.75) is 19.8 Å². The first-order valence-corrected chi connectivity index (χ1v) is 6.58. The van der Waals surface area contributed by atoms with Crippen LogP contribution in [-0.4, -0.2) is 12.6 Å². The van der Waals surface area contributed by atoms with Crippen molar-refractivity contribution in [3.63, 3.8) is 0 Å². The van der Waals surface area contributed by atoms with E-state index >= 15 is 0 Å². The van der Waals surface area contributed by atoms with Crippen molar-refractivity contribution in [3.8, 4) is 6.07 Å². The summed E-state index contributed by atoms with van der Waals surface area (Å²) < 4.78 is 4.97. The van der Waals surface area contributed by atoms with E-state index in [2.05, 4.69) is 0 Å². The van der Waals surface area contributed by atoms with Gasteiger partial charge < -0.3 is 4.74 Å². The van der Waals surface area contributed by atoms with Gasteiger partial charge in [-0.1, -0.05) is 48.7 Å². The summed E-state index contributed by atoms with van der Waals surface area (Å²) in [6, 6.07) is 6.80. The molecule has 0 radical (unpaired) electrons. The topological polar surface area (TPSA) is 50.1 Å². The van der Waals surface area contributed by atoms with Crippen LogP contribution in [0, 0.1) is 11.3 Å². The zero-order valence-corrected chi connectivity index (χ0v) is 12.0. The van der Waals surface area contributed by atoms with Gasteiger partial charge in [-0.15, -0.1) is 0 Å². The molecule has 19 heavy (non-hydrogen) atoms. The molecule has 0 aliphatic heterocycles. The first-order valence-electron chi connectivity index (χ1n) is 5.83. The highest BCUT2D eigenvalue weighted by Gasteiger charge is 2.12. The number of benzene rings is 1. The summed E-state index contributed by atoms with van der Waals surface area (Å²) in [5.41, 5.74) is 0.415. The molecule has 0 saturated carbocycles. The van der Waals surface area contributed by atoms with E-state index in [-0.39, 0.29) is 5.57 Å². The molecular formula is C14H13Cl2NO2. The quantitative estimate of drug-likeness (QED) is 0.353. The van der Waals surface area contributed by atoms with Gasteiger partial charge in [-0.25, -0.2) is 4.79 Å². The molecule has 0 N–H and O–H groups in total. The molecule has 0 saturated heterocycles. The lowest BCUT2D eigenvalue weighted by atomic mass is 10.1. The third kappa shape index (κ3) is 4.59. The largest absolute Gasteiger partial charge is 0.462 e. The summed E-state index contributed by atoms with van der Waals surface area (Å²) in [5.74, 6) is -0.646. The number of esters is 1.